The molecular formula is C21H20. The van der Waals surface area contributed by atoms with E-state index < -0.39 is 0 Å². The van der Waals surface area contributed by atoms with Crippen LogP contribution in [0, 0.1) is 5.41 Å². The molecule has 0 saturated carbocycles. The first kappa shape index (κ1) is 13.6. The number of hydrogen-bond acceptors (Lipinski definition) is 0. The summed E-state index contributed by atoms with van der Waals surface area (Å²) in [4.78, 5) is 0. The van der Waals surface area contributed by atoms with Crippen molar-refractivity contribution in [2.45, 2.75) is 13.8 Å². The molecule has 0 aromatic heterocycles. The Hall–Kier alpha value is -2.34. The third kappa shape index (κ3) is 3.22. The molecule has 0 unspecified atom stereocenters. The van der Waals surface area contributed by atoms with Crippen molar-refractivity contribution in [3.8, 4) is 0 Å². The molecule has 0 N–H and O–H groups in total. The molecule has 0 aliphatic heterocycles. The maximum atomic E-state index is 2.34. The second-order valence-corrected chi connectivity index (χ2v) is 6.09. The highest BCUT2D eigenvalue weighted by atomic mass is 14.2. The van der Waals surface area contributed by atoms with Crippen LogP contribution < -0.4 is 0 Å². The molecule has 0 heteroatoms. The molecule has 0 amide bonds. The molecule has 0 spiro atoms. The quantitative estimate of drug-likeness (QED) is 0.653. The number of benzene rings is 2. The van der Waals surface area contributed by atoms with Crippen LogP contribution in [0.25, 0.3) is 11.1 Å². The average Bonchev–Trinajstić information content (AvgIpc) is 2.67. The van der Waals surface area contributed by atoms with Gasteiger partial charge >= 0.3 is 0 Å². The highest BCUT2D eigenvalue weighted by Gasteiger charge is 2.16. The first-order chi connectivity index (χ1) is 10.1. The van der Waals surface area contributed by atoms with Gasteiger partial charge in [0.25, 0.3) is 0 Å². The number of rotatable bonds is 2. The fraction of sp³-hybridized carbons (Fsp3) is 0.143. The molecule has 1 aliphatic carbocycles. The Morgan fingerprint density at radius 3 is 1.76 bits per heavy atom. The van der Waals surface area contributed by atoms with Crippen molar-refractivity contribution in [2.75, 3.05) is 0 Å². The minimum atomic E-state index is 0.0538. The van der Waals surface area contributed by atoms with Crippen LogP contribution in [0.4, 0.5) is 0 Å². The van der Waals surface area contributed by atoms with Crippen molar-refractivity contribution in [1.29, 1.82) is 0 Å². The Labute approximate surface area is 127 Å². The van der Waals surface area contributed by atoms with E-state index in [1.807, 2.05) is 0 Å². The molecule has 0 radical (unpaired) electrons. The van der Waals surface area contributed by atoms with Gasteiger partial charge in [0, 0.05) is 5.41 Å². The second kappa shape index (κ2) is 5.57. The van der Waals surface area contributed by atoms with Crippen LogP contribution in [0.5, 0.6) is 0 Å². The molecule has 0 bridgehead atoms. The lowest BCUT2D eigenvalue weighted by molar-refractivity contribution is 0.629. The molecule has 2 aromatic carbocycles. The van der Waals surface area contributed by atoms with Gasteiger partial charge in [-0.05, 0) is 28.3 Å². The number of allylic oxidation sites excluding steroid dienone is 6. The lowest BCUT2D eigenvalue weighted by atomic mass is 9.89. The molecule has 3 rings (SSSR count). The number of hydrogen-bond donors (Lipinski definition) is 0. The van der Waals surface area contributed by atoms with Gasteiger partial charge in [0.1, 0.15) is 0 Å². The van der Waals surface area contributed by atoms with Crippen molar-refractivity contribution >= 4 is 11.1 Å². The highest BCUT2D eigenvalue weighted by molar-refractivity contribution is 5.88. The highest BCUT2D eigenvalue weighted by Crippen LogP contribution is 2.33. The van der Waals surface area contributed by atoms with Gasteiger partial charge < -0.3 is 0 Å². The molecule has 1 aliphatic rings. The van der Waals surface area contributed by atoms with E-state index in [-0.39, 0.29) is 5.41 Å². The normalized spacial score (nSPS) is 16.9. The van der Waals surface area contributed by atoms with E-state index in [4.69, 9.17) is 0 Å². The fourth-order valence-corrected chi connectivity index (χ4v) is 2.62. The maximum Gasteiger partial charge on any atom is 0.00169 e. The summed E-state index contributed by atoms with van der Waals surface area (Å²) in [7, 11) is 0. The van der Waals surface area contributed by atoms with Crippen LogP contribution in [0.3, 0.4) is 0 Å². The Kier molecular flexibility index (Phi) is 3.62. The van der Waals surface area contributed by atoms with Crippen molar-refractivity contribution < 1.29 is 0 Å². The fourth-order valence-electron chi connectivity index (χ4n) is 2.62. The van der Waals surface area contributed by atoms with Gasteiger partial charge in [-0.15, -0.1) is 0 Å². The smallest absolute Gasteiger partial charge is 0.00169 e. The zero-order valence-electron chi connectivity index (χ0n) is 12.6. The Balaban J connectivity index is 2.11. The largest absolute Gasteiger partial charge is 0.0744 e. The van der Waals surface area contributed by atoms with E-state index >= 15 is 0 Å². The summed E-state index contributed by atoms with van der Waals surface area (Å²) in [5, 5.41) is 0. The predicted octanol–water partition coefficient (Wildman–Crippen LogP) is 5.75. The lowest BCUT2D eigenvalue weighted by Crippen LogP contribution is -2.02. The van der Waals surface area contributed by atoms with Crippen LogP contribution in [0.15, 0.2) is 85.0 Å². The average molecular weight is 272 g/mol. The van der Waals surface area contributed by atoms with E-state index in [9.17, 15) is 0 Å². The SMILES string of the molecule is CC1(C)C=CC(c2ccccc2)=CC(c2ccccc2)=C1. The minimum Gasteiger partial charge on any atom is -0.0744 e. The molecule has 21 heavy (non-hydrogen) atoms. The summed E-state index contributed by atoms with van der Waals surface area (Å²) in [6.45, 7) is 4.49. The summed E-state index contributed by atoms with van der Waals surface area (Å²) >= 11 is 0. The topological polar surface area (TPSA) is 0 Å². The van der Waals surface area contributed by atoms with Crippen LogP contribution in [-0.4, -0.2) is 0 Å². The summed E-state index contributed by atoms with van der Waals surface area (Å²) in [6, 6.07) is 21.2. The Morgan fingerprint density at radius 1 is 0.667 bits per heavy atom. The summed E-state index contributed by atoms with van der Waals surface area (Å²) in [6.07, 6.45) is 9.15. The molecule has 0 atom stereocenters. The van der Waals surface area contributed by atoms with Gasteiger partial charge in [-0.3, -0.25) is 0 Å². The van der Waals surface area contributed by atoms with Crippen LogP contribution in [0.1, 0.15) is 25.0 Å². The molecule has 104 valence electrons. The van der Waals surface area contributed by atoms with Gasteiger partial charge in [-0.1, -0.05) is 92.7 Å². The molecule has 0 nitrogen and oxygen atoms in total. The third-order valence-electron chi connectivity index (χ3n) is 3.75. The van der Waals surface area contributed by atoms with Gasteiger partial charge in [0.2, 0.25) is 0 Å². The van der Waals surface area contributed by atoms with Gasteiger partial charge in [0.05, 0.1) is 0 Å². The molecular weight excluding hydrogens is 252 g/mol. The van der Waals surface area contributed by atoms with E-state index in [2.05, 4.69) is 98.8 Å². The molecule has 0 heterocycles. The summed E-state index contributed by atoms with van der Waals surface area (Å²) < 4.78 is 0. The standard InChI is InChI=1S/C21H20/c1-21(2)14-13-19(17-9-5-3-6-10-17)15-20(16-21)18-11-7-4-8-12-18/h3-16H,1-2H3. The summed E-state index contributed by atoms with van der Waals surface area (Å²) in [5.74, 6) is 0. The zero-order chi connectivity index (χ0) is 14.7. The first-order valence-electron chi connectivity index (χ1n) is 7.39. The van der Waals surface area contributed by atoms with Gasteiger partial charge in [-0.2, -0.15) is 0 Å². The second-order valence-electron chi connectivity index (χ2n) is 6.09. The lowest BCUT2D eigenvalue weighted by Gasteiger charge is -2.15. The van der Waals surface area contributed by atoms with E-state index in [1.54, 1.807) is 0 Å². The third-order valence-corrected chi connectivity index (χ3v) is 3.75. The zero-order valence-corrected chi connectivity index (χ0v) is 12.6. The van der Waals surface area contributed by atoms with Crippen molar-refractivity contribution in [3.05, 3.63) is 96.1 Å². The van der Waals surface area contributed by atoms with Gasteiger partial charge in [-0.25, -0.2) is 0 Å². The van der Waals surface area contributed by atoms with E-state index in [0.29, 0.717) is 0 Å². The van der Waals surface area contributed by atoms with E-state index in [1.165, 1.54) is 22.3 Å². The first-order valence-corrected chi connectivity index (χ1v) is 7.39. The molecule has 0 fully saturated rings. The van der Waals surface area contributed by atoms with Gasteiger partial charge in [0.15, 0.2) is 0 Å². The van der Waals surface area contributed by atoms with E-state index in [0.717, 1.165) is 0 Å². The van der Waals surface area contributed by atoms with Crippen LogP contribution >= 0.6 is 0 Å². The monoisotopic (exact) mass is 272 g/mol. The molecule has 2 aromatic rings. The Morgan fingerprint density at radius 2 is 1.19 bits per heavy atom. The van der Waals surface area contributed by atoms with Crippen molar-refractivity contribution in [3.63, 3.8) is 0 Å². The Bertz CT molecular complexity index is 698. The minimum absolute atomic E-state index is 0.0538. The summed E-state index contributed by atoms with van der Waals surface area (Å²) in [5.41, 5.74) is 5.12. The predicted molar refractivity (Wildman–Crippen MR) is 91.8 cm³/mol. The van der Waals surface area contributed by atoms with Crippen molar-refractivity contribution in [2.24, 2.45) is 5.41 Å². The molecule has 0 saturated heterocycles. The maximum absolute atomic E-state index is 2.34. The van der Waals surface area contributed by atoms with Crippen LogP contribution in [-0.2, 0) is 0 Å². The van der Waals surface area contributed by atoms with Crippen molar-refractivity contribution in [1.82, 2.24) is 0 Å². The van der Waals surface area contributed by atoms with Crippen LogP contribution in [0.2, 0.25) is 0 Å².